The molecule has 1 unspecified atom stereocenters. The zero-order valence-electron chi connectivity index (χ0n) is 9.29. The highest BCUT2D eigenvalue weighted by Crippen LogP contribution is 2.31. The van der Waals surface area contributed by atoms with Crippen LogP contribution in [0.4, 0.5) is 0 Å². The Kier molecular flexibility index (Phi) is 2.21. The zero-order valence-corrected chi connectivity index (χ0v) is 9.29. The number of esters is 1. The van der Waals surface area contributed by atoms with Gasteiger partial charge in [-0.1, -0.05) is 0 Å². The van der Waals surface area contributed by atoms with Crippen LogP contribution in [0.2, 0.25) is 0 Å². The van der Waals surface area contributed by atoms with E-state index in [1.807, 2.05) is 0 Å². The summed E-state index contributed by atoms with van der Waals surface area (Å²) in [5.41, 5.74) is 0. The van der Waals surface area contributed by atoms with Crippen molar-refractivity contribution >= 4 is 5.97 Å². The molecule has 88 valence electrons. The first-order valence-electron chi connectivity index (χ1n) is 5.36. The number of carbonyl (C=O) groups is 1. The molecule has 1 aliphatic heterocycles. The van der Waals surface area contributed by atoms with E-state index in [9.17, 15) is 4.79 Å². The number of hydrogen-bond acceptors (Lipinski definition) is 5. The van der Waals surface area contributed by atoms with E-state index in [0.717, 1.165) is 12.2 Å². The van der Waals surface area contributed by atoms with E-state index >= 15 is 0 Å². The van der Waals surface area contributed by atoms with Crippen LogP contribution >= 0.6 is 0 Å². The number of aryl methyl sites for hydroxylation is 1. The van der Waals surface area contributed by atoms with Gasteiger partial charge in [0.25, 0.3) is 0 Å². The quantitative estimate of drug-likeness (QED) is 0.729. The summed E-state index contributed by atoms with van der Waals surface area (Å²) in [5, 5.41) is 8.12. The molecule has 0 N–H and O–H groups in total. The number of rotatable bonds is 2. The van der Waals surface area contributed by atoms with Gasteiger partial charge in [0, 0.05) is 6.42 Å². The van der Waals surface area contributed by atoms with E-state index in [0.29, 0.717) is 18.0 Å². The van der Waals surface area contributed by atoms with E-state index < -0.39 is 0 Å². The van der Waals surface area contributed by atoms with Crippen LogP contribution in [0, 0.1) is 0 Å². The lowest BCUT2D eigenvalue weighted by atomic mass is 10.2. The molecule has 0 aromatic carbocycles. The average molecular weight is 233 g/mol. The maximum atomic E-state index is 11.7. The van der Waals surface area contributed by atoms with Gasteiger partial charge in [0.05, 0.1) is 13.4 Å². The summed E-state index contributed by atoms with van der Waals surface area (Å²) in [7, 11) is 1.39. The molecule has 0 spiro atoms. The second kappa shape index (κ2) is 3.73. The smallest absolute Gasteiger partial charge is 0.328 e. The van der Waals surface area contributed by atoms with E-state index in [4.69, 9.17) is 9.15 Å². The molecule has 1 aliphatic rings. The first kappa shape index (κ1) is 10.1. The Bertz CT molecular complexity index is 544. The Balaban J connectivity index is 2.07. The maximum Gasteiger partial charge on any atom is 0.328 e. The second-order valence-electron chi connectivity index (χ2n) is 3.86. The SMILES string of the molecule is COC(=O)C1CCc2nnc(-c3ccco3)n21. The number of furan rings is 1. The van der Waals surface area contributed by atoms with Crippen molar-refractivity contribution in [1.29, 1.82) is 0 Å². The Morgan fingerprint density at radius 2 is 2.47 bits per heavy atom. The number of ether oxygens (including phenoxy) is 1. The van der Waals surface area contributed by atoms with Crippen LogP contribution in [0.1, 0.15) is 18.3 Å². The summed E-state index contributed by atoms with van der Waals surface area (Å²) in [6.07, 6.45) is 3.00. The first-order valence-corrected chi connectivity index (χ1v) is 5.36. The summed E-state index contributed by atoms with van der Waals surface area (Å²) in [6.45, 7) is 0. The fourth-order valence-corrected chi connectivity index (χ4v) is 2.15. The van der Waals surface area contributed by atoms with Crippen molar-refractivity contribution in [3.63, 3.8) is 0 Å². The monoisotopic (exact) mass is 233 g/mol. The van der Waals surface area contributed by atoms with Crippen molar-refractivity contribution in [3.05, 3.63) is 24.2 Å². The van der Waals surface area contributed by atoms with Crippen molar-refractivity contribution in [2.24, 2.45) is 0 Å². The third-order valence-corrected chi connectivity index (χ3v) is 2.93. The molecule has 17 heavy (non-hydrogen) atoms. The van der Waals surface area contributed by atoms with Crippen molar-refractivity contribution < 1.29 is 13.9 Å². The van der Waals surface area contributed by atoms with E-state index in [2.05, 4.69) is 10.2 Å². The number of carbonyl (C=O) groups excluding carboxylic acids is 1. The Morgan fingerprint density at radius 3 is 3.18 bits per heavy atom. The maximum absolute atomic E-state index is 11.7. The van der Waals surface area contributed by atoms with E-state index in [1.165, 1.54) is 7.11 Å². The molecule has 3 rings (SSSR count). The van der Waals surface area contributed by atoms with Crippen molar-refractivity contribution in [1.82, 2.24) is 14.8 Å². The molecule has 1 atom stereocenters. The zero-order chi connectivity index (χ0) is 11.8. The molecule has 2 aromatic heterocycles. The van der Waals surface area contributed by atoms with Crippen LogP contribution in [0.5, 0.6) is 0 Å². The highest BCUT2D eigenvalue weighted by atomic mass is 16.5. The van der Waals surface area contributed by atoms with Gasteiger partial charge in [-0.2, -0.15) is 0 Å². The Morgan fingerprint density at radius 1 is 1.59 bits per heavy atom. The first-order chi connectivity index (χ1) is 8.31. The highest BCUT2D eigenvalue weighted by molar-refractivity contribution is 5.75. The summed E-state index contributed by atoms with van der Waals surface area (Å²) in [6, 6.07) is 3.23. The van der Waals surface area contributed by atoms with Gasteiger partial charge >= 0.3 is 5.97 Å². The molecule has 0 fully saturated rings. The largest absolute Gasteiger partial charge is 0.467 e. The van der Waals surface area contributed by atoms with Crippen LogP contribution in [0.15, 0.2) is 22.8 Å². The number of methoxy groups -OCH3 is 1. The molecule has 6 nitrogen and oxygen atoms in total. The third-order valence-electron chi connectivity index (χ3n) is 2.93. The van der Waals surface area contributed by atoms with Gasteiger partial charge in [0.1, 0.15) is 11.9 Å². The summed E-state index contributed by atoms with van der Waals surface area (Å²) in [4.78, 5) is 11.7. The van der Waals surface area contributed by atoms with Crippen LogP contribution in [-0.2, 0) is 16.0 Å². The lowest BCUT2D eigenvalue weighted by Crippen LogP contribution is -2.18. The average Bonchev–Trinajstić information content (AvgIpc) is 3.03. The molecule has 0 amide bonds. The minimum Gasteiger partial charge on any atom is -0.467 e. The number of nitrogens with zero attached hydrogens (tertiary/aromatic N) is 3. The van der Waals surface area contributed by atoms with Crippen LogP contribution in [0.25, 0.3) is 11.6 Å². The predicted molar refractivity (Wildman–Crippen MR) is 57.1 cm³/mol. The fraction of sp³-hybridized carbons (Fsp3) is 0.364. The van der Waals surface area contributed by atoms with Gasteiger partial charge in [-0.15, -0.1) is 10.2 Å². The van der Waals surface area contributed by atoms with Crippen molar-refractivity contribution in [2.45, 2.75) is 18.9 Å². The minimum absolute atomic E-state index is 0.267. The molecule has 0 aliphatic carbocycles. The molecule has 2 aromatic rings. The Hall–Kier alpha value is -2.11. The summed E-state index contributed by atoms with van der Waals surface area (Å²) >= 11 is 0. The molecule has 0 saturated carbocycles. The van der Waals surface area contributed by atoms with Gasteiger partial charge in [-0.05, 0) is 18.6 Å². The van der Waals surface area contributed by atoms with Gasteiger partial charge in [0.2, 0.25) is 5.82 Å². The lowest BCUT2D eigenvalue weighted by molar-refractivity contribution is -0.144. The topological polar surface area (TPSA) is 70.2 Å². The van der Waals surface area contributed by atoms with Crippen LogP contribution in [0.3, 0.4) is 0 Å². The van der Waals surface area contributed by atoms with Gasteiger partial charge < -0.3 is 9.15 Å². The fourth-order valence-electron chi connectivity index (χ4n) is 2.15. The molecular weight excluding hydrogens is 222 g/mol. The van der Waals surface area contributed by atoms with Gasteiger partial charge in [-0.3, -0.25) is 4.57 Å². The minimum atomic E-state index is -0.343. The normalized spacial score (nSPS) is 18.1. The van der Waals surface area contributed by atoms with Crippen LogP contribution in [-0.4, -0.2) is 27.8 Å². The lowest BCUT2D eigenvalue weighted by Gasteiger charge is -2.11. The molecule has 6 heteroatoms. The van der Waals surface area contributed by atoms with E-state index in [-0.39, 0.29) is 12.0 Å². The third kappa shape index (κ3) is 1.44. The predicted octanol–water partition coefficient (Wildman–Crippen LogP) is 1.20. The second-order valence-corrected chi connectivity index (χ2v) is 3.86. The van der Waals surface area contributed by atoms with Crippen LogP contribution < -0.4 is 0 Å². The van der Waals surface area contributed by atoms with Crippen molar-refractivity contribution in [3.8, 4) is 11.6 Å². The van der Waals surface area contributed by atoms with Crippen molar-refractivity contribution in [2.75, 3.05) is 7.11 Å². The number of fused-ring (bicyclic) bond motifs is 1. The molecule has 0 bridgehead atoms. The molecular formula is C11H11N3O3. The number of hydrogen-bond donors (Lipinski definition) is 0. The van der Waals surface area contributed by atoms with Gasteiger partial charge in [-0.25, -0.2) is 4.79 Å². The number of aromatic nitrogens is 3. The summed E-state index contributed by atoms with van der Waals surface area (Å²) in [5.74, 6) is 1.72. The Labute approximate surface area is 97.2 Å². The highest BCUT2D eigenvalue weighted by Gasteiger charge is 2.33. The molecule has 0 radical (unpaired) electrons. The van der Waals surface area contributed by atoms with Gasteiger partial charge in [0.15, 0.2) is 5.76 Å². The molecule has 3 heterocycles. The summed E-state index contributed by atoms with van der Waals surface area (Å²) < 4.78 is 11.9. The van der Waals surface area contributed by atoms with E-state index in [1.54, 1.807) is 23.0 Å². The molecule has 0 saturated heterocycles. The standard InChI is InChI=1S/C11H11N3O3/c1-16-11(15)7-4-5-9-12-13-10(14(7)9)8-3-2-6-17-8/h2-3,6-7H,4-5H2,1H3.